The van der Waals surface area contributed by atoms with E-state index in [0.717, 1.165) is 42.2 Å². The first kappa shape index (κ1) is 13.3. The van der Waals surface area contributed by atoms with Gasteiger partial charge in [0.05, 0.1) is 17.6 Å². The predicted molar refractivity (Wildman–Crippen MR) is 78.5 cm³/mol. The number of aromatic nitrogens is 2. The van der Waals surface area contributed by atoms with Crippen LogP contribution in [0.2, 0.25) is 0 Å². The van der Waals surface area contributed by atoms with Crippen LogP contribution in [0.1, 0.15) is 17.3 Å². The first-order valence-corrected chi connectivity index (χ1v) is 7.54. The monoisotopic (exact) mass is 292 g/mol. The van der Waals surface area contributed by atoms with E-state index >= 15 is 0 Å². The molecule has 2 aromatic heterocycles. The minimum Gasteiger partial charge on any atom is -0.462 e. The van der Waals surface area contributed by atoms with Crippen LogP contribution in [0.15, 0.2) is 11.7 Å². The Morgan fingerprint density at radius 1 is 1.45 bits per heavy atom. The SMILES string of the molecule is CCOC(=O)c1csc2ncnc(N3CCNCC3)c12. The number of ether oxygens (including phenoxy) is 1. The Morgan fingerprint density at radius 3 is 3.00 bits per heavy atom. The van der Waals surface area contributed by atoms with Crippen molar-refractivity contribution in [1.82, 2.24) is 15.3 Å². The highest BCUT2D eigenvalue weighted by Gasteiger charge is 2.22. The molecule has 1 saturated heterocycles. The summed E-state index contributed by atoms with van der Waals surface area (Å²) in [6.45, 7) is 5.77. The number of anilines is 1. The summed E-state index contributed by atoms with van der Waals surface area (Å²) in [4.78, 5) is 23.7. The lowest BCUT2D eigenvalue weighted by atomic mass is 10.2. The van der Waals surface area contributed by atoms with Crippen molar-refractivity contribution in [3.05, 3.63) is 17.3 Å². The maximum absolute atomic E-state index is 12.1. The Hall–Kier alpha value is -1.73. The molecule has 0 spiro atoms. The molecule has 1 aliphatic rings. The third kappa shape index (κ3) is 2.34. The highest BCUT2D eigenvalue weighted by atomic mass is 32.1. The number of thiophene rings is 1. The first-order chi connectivity index (χ1) is 9.81. The molecule has 106 valence electrons. The molecule has 0 aliphatic carbocycles. The van der Waals surface area contributed by atoms with Crippen LogP contribution in [0.5, 0.6) is 0 Å². The van der Waals surface area contributed by atoms with E-state index in [1.165, 1.54) is 11.3 Å². The van der Waals surface area contributed by atoms with Gasteiger partial charge in [-0.1, -0.05) is 0 Å². The molecule has 7 heteroatoms. The van der Waals surface area contributed by atoms with Gasteiger partial charge in [-0.2, -0.15) is 0 Å². The summed E-state index contributed by atoms with van der Waals surface area (Å²) in [7, 11) is 0. The number of hydrogen-bond acceptors (Lipinski definition) is 7. The number of fused-ring (bicyclic) bond motifs is 1. The van der Waals surface area contributed by atoms with Crippen LogP contribution in [0.25, 0.3) is 10.2 Å². The van der Waals surface area contributed by atoms with Gasteiger partial charge in [-0.3, -0.25) is 0 Å². The summed E-state index contributed by atoms with van der Waals surface area (Å²) in [5.41, 5.74) is 0.570. The molecule has 0 aromatic carbocycles. The predicted octanol–water partition coefficient (Wildman–Crippen LogP) is 1.28. The molecule has 0 amide bonds. The quantitative estimate of drug-likeness (QED) is 0.860. The van der Waals surface area contributed by atoms with E-state index in [-0.39, 0.29) is 5.97 Å². The summed E-state index contributed by atoms with van der Waals surface area (Å²) < 4.78 is 5.12. The molecular formula is C13H16N4O2S. The molecule has 0 unspecified atom stereocenters. The molecule has 0 atom stereocenters. The first-order valence-electron chi connectivity index (χ1n) is 6.66. The molecule has 3 heterocycles. The fraction of sp³-hybridized carbons (Fsp3) is 0.462. The van der Waals surface area contributed by atoms with Crippen LogP contribution < -0.4 is 10.2 Å². The Bertz CT molecular complexity index is 622. The number of nitrogens with zero attached hydrogens (tertiary/aromatic N) is 3. The number of carbonyl (C=O) groups is 1. The highest BCUT2D eigenvalue weighted by Crippen LogP contribution is 2.31. The summed E-state index contributed by atoms with van der Waals surface area (Å²) in [5.74, 6) is 0.533. The Labute approximate surface area is 120 Å². The maximum atomic E-state index is 12.1. The van der Waals surface area contributed by atoms with Gasteiger partial charge in [0, 0.05) is 31.6 Å². The molecule has 0 saturated carbocycles. The van der Waals surface area contributed by atoms with Crippen molar-refractivity contribution in [2.24, 2.45) is 0 Å². The van der Waals surface area contributed by atoms with Gasteiger partial charge in [0.2, 0.25) is 0 Å². The van der Waals surface area contributed by atoms with Crippen molar-refractivity contribution >= 4 is 33.3 Å². The van der Waals surface area contributed by atoms with E-state index in [9.17, 15) is 4.79 Å². The summed E-state index contributed by atoms with van der Waals surface area (Å²) in [6, 6.07) is 0. The molecule has 1 fully saturated rings. The zero-order valence-electron chi connectivity index (χ0n) is 11.3. The number of esters is 1. The molecule has 0 radical (unpaired) electrons. The van der Waals surface area contributed by atoms with Crippen LogP contribution >= 0.6 is 11.3 Å². The minimum absolute atomic E-state index is 0.301. The van der Waals surface area contributed by atoms with E-state index in [1.807, 2.05) is 5.38 Å². The largest absolute Gasteiger partial charge is 0.462 e. The van der Waals surface area contributed by atoms with Gasteiger partial charge in [-0.15, -0.1) is 11.3 Å². The van der Waals surface area contributed by atoms with Gasteiger partial charge in [0.15, 0.2) is 0 Å². The molecule has 0 bridgehead atoms. The highest BCUT2D eigenvalue weighted by molar-refractivity contribution is 7.17. The van der Waals surface area contributed by atoms with Gasteiger partial charge in [0.1, 0.15) is 17.0 Å². The third-order valence-corrected chi connectivity index (χ3v) is 4.15. The normalized spacial score (nSPS) is 15.6. The van der Waals surface area contributed by atoms with Crippen LogP contribution in [0.3, 0.4) is 0 Å². The lowest BCUT2D eigenvalue weighted by molar-refractivity contribution is 0.0529. The fourth-order valence-electron chi connectivity index (χ4n) is 2.33. The number of hydrogen-bond donors (Lipinski definition) is 1. The zero-order valence-corrected chi connectivity index (χ0v) is 12.1. The van der Waals surface area contributed by atoms with Crippen LogP contribution in [-0.2, 0) is 4.74 Å². The second kappa shape index (κ2) is 5.72. The molecule has 2 aromatic rings. The van der Waals surface area contributed by atoms with Crippen molar-refractivity contribution in [3.8, 4) is 0 Å². The third-order valence-electron chi connectivity index (χ3n) is 3.26. The number of carbonyl (C=O) groups excluding carboxylic acids is 1. The van der Waals surface area contributed by atoms with Crippen LogP contribution in [0.4, 0.5) is 5.82 Å². The molecule has 1 aliphatic heterocycles. The summed E-state index contributed by atoms with van der Waals surface area (Å²) in [5, 5.41) is 5.94. The number of nitrogens with one attached hydrogen (secondary N) is 1. The fourth-order valence-corrected chi connectivity index (χ4v) is 3.21. The zero-order chi connectivity index (χ0) is 13.9. The summed E-state index contributed by atoms with van der Waals surface area (Å²) >= 11 is 1.45. The van der Waals surface area contributed by atoms with Crippen molar-refractivity contribution in [3.63, 3.8) is 0 Å². The topological polar surface area (TPSA) is 67.3 Å². The smallest absolute Gasteiger partial charge is 0.339 e. The lowest BCUT2D eigenvalue weighted by Gasteiger charge is -2.28. The molecular weight excluding hydrogens is 276 g/mol. The Balaban J connectivity index is 2.06. The minimum atomic E-state index is -0.301. The van der Waals surface area contributed by atoms with Gasteiger partial charge in [-0.25, -0.2) is 14.8 Å². The van der Waals surface area contributed by atoms with Crippen molar-refractivity contribution < 1.29 is 9.53 Å². The molecule has 20 heavy (non-hydrogen) atoms. The van der Waals surface area contributed by atoms with Crippen LogP contribution in [0, 0.1) is 0 Å². The van der Waals surface area contributed by atoms with Crippen molar-refractivity contribution in [2.75, 3.05) is 37.7 Å². The molecule has 6 nitrogen and oxygen atoms in total. The van der Waals surface area contributed by atoms with Crippen LogP contribution in [-0.4, -0.2) is 48.7 Å². The van der Waals surface area contributed by atoms with Crippen molar-refractivity contribution in [1.29, 1.82) is 0 Å². The molecule has 1 N–H and O–H groups in total. The Morgan fingerprint density at radius 2 is 2.25 bits per heavy atom. The number of rotatable bonds is 3. The lowest BCUT2D eigenvalue weighted by Crippen LogP contribution is -2.44. The average molecular weight is 292 g/mol. The number of piperazine rings is 1. The summed E-state index contributed by atoms with van der Waals surface area (Å²) in [6.07, 6.45) is 1.56. The Kier molecular flexibility index (Phi) is 3.79. The maximum Gasteiger partial charge on any atom is 0.339 e. The van der Waals surface area contributed by atoms with Gasteiger partial charge >= 0.3 is 5.97 Å². The molecule has 3 rings (SSSR count). The standard InChI is InChI=1S/C13H16N4O2S/c1-2-19-13(18)9-7-20-12-10(9)11(15-8-16-12)17-5-3-14-4-6-17/h7-8,14H,2-6H2,1H3. The second-order valence-electron chi connectivity index (χ2n) is 4.48. The van der Waals surface area contributed by atoms with Gasteiger partial charge < -0.3 is 15.0 Å². The van der Waals surface area contributed by atoms with Gasteiger partial charge in [0.25, 0.3) is 0 Å². The van der Waals surface area contributed by atoms with E-state index < -0.39 is 0 Å². The van der Waals surface area contributed by atoms with E-state index in [2.05, 4.69) is 20.2 Å². The second-order valence-corrected chi connectivity index (χ2v) is 5.34. The van der Waals surface area contributed by atoms with Crippen molar-refractivity contribution in [2.45, 2.75) is 6.92 Å². The average Bonchev–Trinajstić information content (AvgIpc) is 2.92. The van der Waals surface area contributed by atoms with Gasteiger partial charge in [-0.05, 0) is 6.92 Å². The van der Waals surface area contributed by atoms with E-state index in [1.54, 1.807) is 13.3 Å². The van der Waals surface area contributed by atoms with E-state index in [4.69, 9.17) is 4.74 Å². The van der Waals surface area contributed by atoms with E-state index in [0.29, 0.717) is 12.2 Å².